The van der Waals surface area contributed by atoms with Crippen LogP contribution in [0.25, 0.3) is 0 Å². The molecule has 1 aromatic carbocycles. The van der Waals surface area contributed by atoms with Gasteiger partial charge in [-0.15, -0.1) is 11.8 Å². The minimum absolute atomic E-state index is 0.106. The van der Waals surface area contributed by atoms with E-state index >= 15 is 0 Å². The van der Waals surface area contributed by atoms with Crippen LogP contribution in [-0.4, -0.2) is 28.9 Å². The SMILES string of the molecule is O=C1CSC(c2ccc(Cl)cc2)N1CCSCc1ccco1. The van der Waals surface area contributed by atoms with Crippen molar-refractivity contribution in [1.29, 1.82) is 0 Å². The number of furan rings is 1. The van der Waals surface area contributed by atoms with Crippen LogP contribution in [0.15, 0.2) is 47.1 Å². The fraction of sp³-hybridized carbons (Fsp3) is 0.312. The van der Waals surface area contributed by atoms with E-state index in [0.717, 1.165) is 34.4 Å². The van der Waals surface area contributed by atoms with Crippen molar-refractivity contribution in [2.24, 2.45) is 0 Å². The molecule has 0 spiro atoms. The summed E-state index contributed by atoms with van der Waals surface area (Å²) < 4.78 is 5.31. The number of thioether (sulfide) groups is 2. The smallest absolute Gasteiger partial charge is 0.233 e. The Balaban J connectivity index is 1.55. The van der Waals surface area contributed by atoms with Crippen molar-refractivity contribution < 1.29 is 9.21 Å². The van der Waals surface area contributed by atoms with Gasteiger partial charge >= 0.3 is 0 Å². The zero-order valence-corrected chi connectivity index (χ0v) is 14.3. The summed E-state index contributed by atoms with van der Waals surface area (Å²) in [6, 6.07) is 11.6. The van der Waals surface area contributed by atoms with E-state index in [1.165, 1.54) is 0 Å². The van der Waals surface area contributed by atoms with Crippen molar-refractivity contribution in [1.82, 2.24) is 4.90 Å². The second-order valence-electron chi connectivity index (χ2n) is 4.93. The predicted octanol–water partition coefficient (Wildman–Crippen LogP) is 4.44. The molecule has 1 saturated heterocycles. The lowest BCUT2D eigenvalue weighted by molar-refractivity contribution is -0.127. The molecular weight excluding hydrogens is 338 g/mol. The van der Waals surface area contributed by atoms with E-state index in [2.05, 4.69) is 0 Å². The first-order valence-corrected chi connectivity index (χ1v) is 9.59. The summed E-state index contributed by atoms with van der Waals surface area (Å²) in [4.78, 5) is 14.1. The van der Waals surface area contributed by atoms with Gasteiger partial charge in [0.1, 0.15) is 11.1 Å². The minimum atomic E-state index is 0.106. The molecule has 22 heavy (non-hydrogen) atoms. The molecule has 1 aromatic heterocycles. The Morgan fingerprint density at radius 1 is 1.32 bits per heavy atom. The van der Waals surface area contributed by atoms with Gasteiger partial charge in [0.15, 0.2) is 0 Å². The van der Waals surface area contributed by atoms with Crippen LogP contribution in [0.2, 0.25) is 5.02 Å². The number of hydrogen-bond acceptors (Lipinski definition) is 4. The maximum atomic E-state index is 12.1. The average Bonchev–Trinajstić information content (AvgIpc) is 3.15. The van der Waals surface area contributed by atoms with Crippen LogP contribution in [0, 0.1) is 0 Å². The first kappa shape index (κ1) is 15.8. The molecule has 3 nitrogen and oxygen atoms in total. The highest BCUT2D eigenvalue weighted by molar-refractivity contribution is 8.00. The van der Waals surface area contributed by atoms with E-state index in [4.69, 9.17) is 16.0 Å². The molecule has 0 N–H and O–H groups in total. The Morgan fingerprint density at radius 2 is 2.14 bits per heavy atom. The molecule has 1 aliphatic rings. The zero-order valence-electron chi connectivity index (χ0n) is 11.9. The largest absolute Gasteiger partial charge is 0.468 e. The number of halogens is 1. The lowest BCUT2D eigenvalue weighted by Gasteiger charge is -2.24. The third kappa shape index (κ3) is 3.83. The molecule has 3 rings (SSSR count). The first-order valence-electron chi connectivity index (χ1n) is 7.01. The molecule has 0 saturated carbocycles. The Labute approximate surface area is 143 Å². The molecule has 116 valence electrons. The highest BCUT2D eigenvalue weighted by atomic mass is 35.5. The van der Waals surface area contributed by atoms with Crippen LogP contribution in [0.4, 0.5) is 0 Å². The third-order valence-corrected chi connectivity index (χ3v) is 5.89. The number of carbonyl (C=O) groups excluding carboxylic acids is 1. The molecule has 1 aliphatic heterocycles. The van der Waals surface area contributed by atoms with E-state index in [1.807, 2.05) is 41.3 Å². The molecule has 0 radical (unpaired) electrons. The summed E-state index contributed by atoms with van der Waals surface area (Å²) in [5.41, 5.74) is 1.14. The second kappa shape index (κ2) is 7.49. The number of hydrogen-bond donors (Lipinski definition) is 0. The van der Waals surface area contributed by atoms with Crippen molar-refractivity contribution in [2.45, 2.75) is 11.1 Å². The van der Waals surface area contributed by atoms with Crippen molar-refractivity contribution in [3.63, 3.8) is 0 Å². The first-order chi connectivity index (χ1) is 10.7. The fourth-order valence-corrected chi connectivity index (χ4v) is 4.51. The van der Waals surface area contributed by atoms with Gasteiger partial charge in [-0.3, -0.25) is 4.79 Å². The number of benzene rings is 1. The summed E-state index contributed by atoms with van der Waals surface area (Å²) in [7, 11) is 0. The maximum absolute atomic E-state index is 12.1. The van der Waals surface area contributed by atoms with Gasteiger partial charge in [0.2, 0.25) is 5.91 Å². The highest BCUT2D eigenvalue weighted by Gasteiger charge is 2.32. The fourth-order valence-electron chi connectivity index (χ4n) is 2.33. The number of nitrogens with zero attached hydrogens (tertiary/aromatic N) is 1. The number of amides is 1. The lowest BCUT2D eigenvalue weighted by Crippen LogP contribution is -2.30. The average molecular weight is 354 g/mol. The van der Waals surface area contributed by atoms with Crippen molar-refractivity contribution >= 4 is 41.0 Å². The highest BCUT2D eigenvalue weighted by Crippen LogP contribution is 2.38. The van der Waals surface area contributed by atoms with Gasteiger partial charge < -0.3 is 9.32 Å². The summed E-state index contributed by atoms with van der Waals surface area (Å²) in [5, 5.41) is 0.826. The third-order valence-electron chi connectivity index (χ3n) is 3.42. The van der Waals surface area contributed by atoms with Crippen LogP contribution >= 0.6 is 35.1 Å². The van der Waals surface area contributed by atoms with E-state index in [9.17, 15) is 4.79 Å². The second-order valence-corrected chi connectivity index (χ2v) is 7.54. The van der Waals surface area contributed by atoms with E-state index in [1.54, 1.807) is 29.8 Å². The topological polar surface area (TPSA) is 33.5 Å². The van der Waals surface area contributed by atoms with Crippen molar-refractivity contribution in [2.75, 3.05) is 18.1 Å². The summed E-state index contributed by atoms with van der Waals surface area (Å²) in [6.45, 7) is 0.754. The van der Waals surface area contributed by atoms with Crippen LogP contribution in [-0.2, 0) is 10.5 Å². The number of carbonyl (C=O) groups is 1. The lowest BCUT2D eigenvalue weighted by atomic mass is 10.2. The summed E-state index contributed by atoms with van der Waals surface area (Å²) >= 11 is 9.40. The van der Waals surface area contributed by atoms with Gasteiger partial charge in [-0.05, 0) is 29.8 Å². The Bertz CT molecular complexity index is 616. The Morgan fingerprint density at radius 3 is 2.86 bits per heavy atom. The standard InChI is InChI=1S/C16H16ClNO2S2/c17-13-5-3-12(4-6-13)16-18(15(19)11-22-16)7-9-21-10-14-2-1-8-20-14/h1-6,8,16H,7,9-11H2. The van der Waals surface area contributed by atoms with Gasteiger partial charge in [0.25, 0.3) is 0 Å². The number of rotatable bonds is 6. The molecule has 2 aromatic rings. The van der Waals surface area contributed by atoms with Gasteiger partial charge in [-0.25, -0.2) is 0 Å². The van der Waals surface area contributed by atoms with Crippen LogP contribution in [0.5, 0.6) is 0 Å². The Hall–Kier alpha value is -1.04. The van der Waals surface area contributed by atoms with E-state index in [0.29, 0.717) is 5.75 Å². The van der Waals surface area contributed by atoms with E-state index in [-0.39, 0.29) is 11.3 Å². The van der Waals surface area contributed by atoms with Crippen LogP contribution in [0.3, 0.4) is 0 Å². The van der Waals surface area contributed by atoms with Gasteiger partial charge in [0, 0.05) is 17.3 Å². The molecule has 6 heteroatoms. The van der Waals surface area contributed by atoms with E-state index < -0.39 is 0 Å². The van der Waals surface area contributed by atoms with Crippen LogP contribution in [0.1, 0.15) is 16.7 Å². The quantitative estimate of drug-likeness (QED) is 0.719. The molecule has 1 amide bonds. The Kier molecular flexibility index (Phi) is 5.39. The van der Waals surface area contributed by atoms with Gasteiger partial charge in [-0.1, -0.05) is 23.7 Å². The summed E-state index contributed by atoms with van der Waals surface area (Å²) in [6.07, 6.45) is 1.69. The molecule has 1 fully saturated rings. The summed E-state index contributed by atoms with van der Waals surface area (Å²) in [5.74, 6) is 3.48. The van der Waals surface area contributed by atoms with Crippen molar-refractivity contribution in [3.8, 4) is 0 Å². The minimum Gasteiger partial charge on any atom is -0.468 e. The molecule has 0 bridgehead atoms. The molecule has 2 heterocycles. The van der Waals surface area contributed by atoms with Gasteiger partial charge in [0.05, 0.1) is 17.8 Å². The molecule has 0 aliphatic carbocycles. The normalized spacial score (nSPS) is 18.1. The molecule has 1 unspecified atom stereocenters. The maximum Gasteiger partial charge on any atom is 0.233 e. The molecule has 1 atom stereocenters. The van der Waals surface area contributed by atoms with Gasteiger partial charge in [-0.2, -0.15) is 11.8 Å². The van der Waals surface area contributed by atoms with Crippen molar-refractivity contribution in [3.05, 3.63) is 59.0 Å². The van der Waals surface area contributed by atoms with Crippen LogP contribution < -0.4 is 0 Å². The zero-order chi connectivity index (χ0) is 15.4. The molecular formula is C16H16ClNO2S2. The predicted molar refractivity (Wildman–Crippen MR) is 93.2 cm³/mol. The monoisotopic (exact) mass is 353 g/mol.